The van der Waals surface area contributed by atoms with Crippen molar-refractivity contribution in [3.05, 3.63) is 35.9 Å². The van der Waals surface area contributed by atoms with Gasteiger partial charge >= 0.3 is 6.09 Å². The summed E-state index contributed by atoms with van der Waals surface area (Å²) in [6.07, 6.45) is -0.542. The van der Waals surface area contributed by atoms with Gasteiger partial charge in [-0.1, -0.05) is 35.5 Å². The Labute approximate surface area is 106 Å². The van der Waals surface area contributed by atoms with Crippen LogP contribution in [0.25, 0.3) is 0 Å². The minimum atomic E-state index is -0.548. The SMILES string of the molecule is CC(C)(C)OC(=O)NC/C(=N\O)c1ccccc1. The van der Waals surface area contributed by atoms with E-state index in [4.69, 9.17) is 9.94 Å². The van der Waals surface area contributed by atoms with Gasteiger partial charge in [0.2, 0.25) is 0 Å². The molecule has 1 amide bonds. The van der Waals surface area contributed by atoms with Crippen LogP contribution in [0.15, 0.2) is 35.5 Å². The molecule has 5 heteroatoms. The fourth-order valence-corrected chi connectivity index (χ4v) is 1.30. The molecule has 2 N–H and O–H groups in total. The average Bonchev–Trinajstić information content (AvgIpc) is 2.29. The van der Waals surface area contributed by atoms with Crippen LogP contribution in [0.4, 0.5) is 4.79 Å². The maximum absolute atomic E-state index is 11.4. The van der Waals surface area contributed by atoms with Crippen molar-refractivity contribution in [1.82, 2.24) is 5.32 Å². The number of oxime groups is 1. The summed E-state index contributed by atoms with van der Waals surface area (Å²) in [5.74, 6) is 0. The Morgan fingerprint density at radius 1 is 1.33 bits per heavy atom. The van der Waals surface area contributed by atoms with Gasteiger partial charge in [-0.25, -0.2) is 4.79 Å². The Balaban J connectivity index is 2.55. The number of carbonyl (C=O) groups excluding carboxylic acids is 1. The third-order valence-electron chi connectivity index (χ3n) is 2.03. The summed E-state index contributed by atoms with van der Waals surface area (Å²) >= 11 is 0. The minimum Gasteiger partial charge on any atom is -0.444 e. The van der Waals surface area contributed by atoms with Crippen LogP contribution in [0, 0.1) is 0 Å². The van der Waals surface area contributed by atoms with Crippen LogP contribution >= 0.6 is 0 Å². The number of ether oxygens (including phenoxy) is 1. The van der Waals surface area contributed by atoms with Crippen LogP contribution in [0.5, 0.6) is 0 Å². The lowest BCUT2D eigenvalue weighted by molar-refractivity contribution is 0.0536. The molecule has 0 aliphatic heterocycles. The molecule has 1 aromatic rings. The van der Waals surface area contributed by atoms with E-state index in [1.807, 2.05) is 18.2 Å². The molecule has 18 heavy (non-hydrogen) atoms. The van der Waals surface area contributed by atoms with Crippen LogP contribution in [0.1, 0.15) is 26.3 Å². The van der Waals surface area contributed by atoms with Gasteiger partial charge in [0.15, 0.2) is 0 Å². The molecular formula is C13H18N2O3. The zero-order valence-corrected chi connectivity index (χ0v) is 10.8. The summed E-state index contributed by atoms with van der Waals surface area (Å²) in [5, 5.41) is 14.6. The molecular weight excluding hydrogens is 232 g/mol. The van der Waals surface area contributed by atoms with Gasteiger partial charge in [0.05, 0.1) is 6.54 Å². The van der Waals surface area contributed by atoms with Crippen LogP contribution in [0.2, 0.25) is 0 Å². The summed E-state index contributed by atoms with van der Waals surface area (Å²) in [5.41, 5.74) is 0.574. The Kier molecular flexibility index (Phi) is 4.71. The molecule has 0 saturated carbocycles. The van der Waals surface area contributed by atoms with Crippen molar-refractivity contribution in [3.63, 3.8) is 0 Å². The monoisotopic (exact) mass is 250 g/mol. The first-order valence-electron chi connectivity index (χ1n) is 5.65. The molecule has 0 aliphatic rings. The molecule has 0 bridgehead atoms. The largest absolute Gasteiger partial charge is 0.444 e. The maximum Gasteiger partial charge on any atom is 0.407 e. The van der Waals surface area contributed by atoms with E-state index in [1.165, 1.54) is 0 Å². The number of hydrogen-bond donors (Lipinski definition) is 2. The van der Waals surface area contributed by atoms with E-state index >= 15 is 0 Å². The van der Waals surface area contributed by atoms with E-state index < -0.39 is 11.7 Å². The topological polar surface area (TPSA) is 70.9 Å². The first-order chi connectivity index (χ1) is 8.42. The van der Waals surface area contributed by atoms with Crippen LogP contribution in [0.3, 0.4) is 0 Å². The summed E-state index contributed by atoms with van der Waals surface area (Å²) in [6.45, 7) is 5.45. The van der Waals surface area contributed by atoms with Crippen LogP contribution in [-0.4, -0.2) is 29.2 Å². The van der Waals surface area contributed by atoms with Gasteiger partial charge in [-0.15, -0.1) is 0 Å². The number of rotatable bonds is 3. The standard InChI is InChI=1S/C13H18N2O3/c1-13(2,3)18-12(16)14-9-11(15-17)10-7-5-4-6-8-10/h4-8,17H,9H2,1-3H3,(H,14,16)/b15-11+. The molecule has 5 nitrogen and oxygen atoms in total. The Bertz CT molecular complexity index is 422. The zero-order valence-electron chi connectivity index (χ0n) is 10.8. The van der Waals surface area contributed by atoms with Crippen molar-refractivity contribution in [1.29, 1.82) is 0 Å². The van der Waals surface area contributed by atoms with E-state index in [2.05, 4.69) is 10.5 Å². The molecule has 1 rings (SSSR count). The van der Waals surface area contributed by atoms with Crippen molar-refractivity contribution in [2.24, 2.45) is 5.16 Å². The Morgan fingerprint density at radius 3 is 2.44 bits per heavy atom. The number of nitrogens with zero attached hydrogens (tertiary/aromatic N) is 1. The third-order valence-corrected chi connectivity index (χ3v) is 2.03. The van der Waals surface area contributed by atoms with Crippen molar-refractivity contribution in [3.8, 4) is 0 Å². The molecule has 0 heterocycles. The number of hydrogen-bond acceptors (Lipinski definition) is 4. The Hall–Kier alpha value is -2.04. The highest BCUT2D eigenvalue weighted by Gasteiger charge is 2.16. The third kappa shape index (κ3) is 4.86. The van der Waals surface area contributed by atoms with Gasteiger partial charge in [-0.3, -0.25) is 0 Å². The van der Waals surface area contributed by atoms with Crippen molar-refractivity contribution >= 4 is 11.8 Å². The van der Waals surface area contributed by atoms with E-state index in [0.29, 0.717) is 5.71 Å². The molecule has 98 valence electrons. The van der Waals surface area contributed by atoms with E-state index in [-0.39, 0.29) is 6.54 Å². The molecule has 0 fully saturated rings. The van der Waals surface area contributed by atoms with Crippen molar-refractivity contribution in [2.75, 3.05) is 6.54 Å². The Morgan fingerprint density at radius 2 is 1.94 bits per heavy atom. The first-order valence-corrected chi connectivity index (χ1v) is 5.65. The highest BCUT2D eigenvalue weighted by Crippen LogP contribution is 2.06. The molecule has 0 spiro atoms. The highest BCUT2D eigenvalue weighted by atomic mass is 16.6. The highest BCUT2D eigenvalue weighted by molar-refractivity contribution is 6.02. The molecule has 1 aromatic carbocycles. The fraction of sp³-hybridized carbons (Fsp3) is 0.385. The molecule has 0 aliphatic carbocycles. The smallest absolute Gasteiger partial charge is 0.407 e. The van der Waals surface area contributed by atoms with Gasteiger partial charge in [-0.05, 0) is 20.8 Å². The second-order valence-corrected chi connectivity index (χ2v) is 4.77. The van der Waals surface area contributed by atoms with Crippen molar-refractivity contribution in [2.45, 2.75) is 26.4 Å². The number of benzene rings is 1. The predicted molar refractivity (Wildman–Crippen MR) is 69.0 cm³/mol. The van der Waals surface area contributed by atoms with Gasteiger partial charge in [0.1, 0.15) is 11.3 Å². The maximum atomic E-state index is 11.4. The summed E-state index contributed by atoms with van der Waals surface area (Å²) in [6, 6.07) is 9.11. The lowest BCUT2D eigenvalue weighted by Gasteiger charge is -2.19. The van der Waals surface area contributed by atoms with E-state index in [1.54, 1.807) is 32.9 Å². The van der Waals surface area contributed by atoms with Gasteiger partial charge in [0.25, 0.3) is 0 Å². The van der Waals surface area contributed by atoms with E-state index in [9.17, 15) is 4.79 Å². The second-order valence-electron chi connectivity index (χ2n) is 4.77. The molecule has 0 radical (unpaired) electrons. The number of alkyl carbamates (subject to hydrolysis) is 1. The molecule has 0 saturated heterocycles. The van der Waals surface area contributed by atoms with E-state index in [0.717, 1.165) is 5.56 Å². The number of carbonyl (C=O) groups is 1. The normalized spacial score (nSPS) is 12.1. The van der Waals surface area contributed by atoms with Crippen LogP contribution in [-0.2, 0) is 4.74 Å². The average molecular weight is 250 g/mol. The summed E-state index contributed by atoms with van der Waals surface area (Å²) in [4.78, 5) is 11.4. The van der Waals surface area contributed by atoms with Gasteiger partial charge in [-0.2, -0.15) is 0 Å². The minimum absolute atomic E-state index is 0.107. The van der Waals surface area contributed by atoms with Gasteiger partial charge < -0.3 is 15.3 Å². The number of amides is 1. The van der Waals surface area contributed by atoms with Crippen LogP contribution < -0.4 is 5.32 Å². The predicted octanol–water partition coefficient (Wildman–Crippen LogP) is 2.39. The summed E-state index contributed by atoms with van der Waals surface area (Å²) < 4.78 is 5.08. The molecule has 0 aromatic heterocycles. The zero-order chi connectivity index (χ0) is 13.6. The quantitative estimate of drug-likeness (QED) is 0.491. The van der Waals surface area contributed by atoms with Gasteiger partial charge in [0, 0.05) is 5.56 Å². The fourth-order valence-electron chi connectivity index (χ4n) is 1.30. The molecule has 0 unspecified atom stereocenters. The lowest BCUT2D eigenvalue weighted by Crippen LogP contribution is -2.35. The first kappa shape index (κ1) is 14.0. The molecule has 0 atom stereocenters. The summed E-state index contributed by atoms with van der Waals surface area (Å²) in [7, 11) is 0. The lowest BCUT2D eigenvalue weighted by atomic mass is 10.1. The van der Waals surface area contributed by atoms with Crippen molar-refractivity contribution < 1.29 is 14.7 Å². The second kappa shape index (κ2) is 6.05. The number of nitrogens with one attached hydrogen (secondary N) is 1.